The van der Waals surface area contributed by atoms with Crippen LogP contribution in [0.3, 0.4) is 0 Å². The highest BCUT2D eigenvalue weighted by Crippen LogP contribution is 2.24. The van der Waals surface area contributed by atoms with Gasteiger partial charge in [-0.15, -0.1) is 24.0 Å². The highest BCUT2D eigenvalue weighted by molar-refractivity contribution is 14.0. The Morgan fingerprint density at radius 3 is 2.35 bits per heavy atom. The highest BCUT2D eigenvalue weighted by atomic mass is 127. The molecule has 1 aromatic rings. The number of aliphatic imine (C=N–C) groups is 1. The minimum absolute atomic E-state index is 0. The molecular weight excluding hydrogens is 439 g/mol. The summed E-state index contributed by atoms with van der Waals surface area (Å²) in [6, 6.07) is 8.77. The van der Waals surface area contributed by atoms with Crippen LogP contribution in [0.1, 0.15) is 38.8 Å². The monoisotopic (exact) mass is 474 g/mol. The molecule has 5 nitrogen and oxygen atoms in total. The van der Waals surface area contributed by atoms with E-state index in [1.54, 1.807) is 14.2 Å². The van der Waals surface area contributed by atoms with Crippen molar-refractivity contribution in [3.05, 3.63) is 35.4 Å². The molecule has 0 bridgehead atoms. The van der Waals surface area contributed by atoms with E-state index in [-0.39, 0.29) is 35.1 Å². The predicted molar refractivity (Wildman–Crippen MR) is 121 cm³/mol. The van der Waals surface area contributed by atoms with E-state index in [9.17, 15) is 0 Å². The predicted octanol–water partition coefficient (Wildman–Crippen LogP) is 3.03. The van der Waals surface area contributed by atoms with E-state index in [0.717, 1.165) is 32.0 Å². The average molecular weight is 474 g/mol. The second-order valence-corrected chi connectivity index (χ2v) is 8.00. The van der Waals surface area contributed by atoms with Crippen molar-refractivity contribution in [3.63, 3.8) is 0 Å². The molecule has 0 amide bonds. The van der Waals surface area contributed by atoms with Crippen LogP contribution in [0.4, 0.5) is 0 Å². The standard InChI is InChI=1S/C20H34N4O.HI/c1-19(2,14-22-18(21-5)23-15-20(3,4)25-6)24-12-11-16-9-7-8-10-17(16)13-24;/h7-10H,11-15H2,1-6H3,(H2,21,22,23);1H. The Bertz CT molecular complexity index is 601. The van der Waals surface area contributed by atoms with Crippen molar-refractivity contribution in [1.29, 1.82) is 0 Å². The third kappa shape index (κ3) is 6.39. The average Bonchev–Trinajstić information content (AvgIpc) is 2.61. The number of nitrogens with one attached hydrogen (secondary N) is 2. The van der Waals surface area contributed by atoms with Crippen LogP contribution in [0.15, 0.2) is 29.3 Å². The molecule has 0 saturated heterocycles. The van der Waals surface area contributed by atoms with Crippen LogP contribution in [-0.4, -0.2) is 55.8 Å². The van der Waals surface area contributed by atoms with Gasteiger partial charge in [-0.1, -0.05) is 24.3 Å². The van der Waals surface area contributed by atoms with Gasteiger partial charge in [0, 0.05) is 45.9 Å². The van der Waals surface area contributed by atoms with Crippen LogP contribution < -0.4 is 10.6 Å². The lowest BCUT2D eigenvalue weighted by molar-refractivity contribution is 0.0267. The first-order chi connectivity index (χ1) is 11.8. The van der Waals surface area contributed by atoms with Gasteiger partial charge in [0.05, 0.1) is 5.60 Å². The third-order valence-corrected chi connectivity index (χ3v) is 5.13. The number of methoxy groups -OCH3 is 1. The van der Waals surface area contributed by atoms with Crippen LogP contribution in [0.25, 0.3) is 0 Å². The van der Waals surface area contributed by atoms with Crippen LogP contribution >= 0.6 is 24.0 Å². The van der Waals surface area contributed by atoms with E-state index in [1.807, 2.05) is 0 Å². The minimum Gasteiger partial charge on any atom is -0.377 e. The van der Waals surface area contributed by atoms with Crippen molar-refractivity contribution in [2.45, 2.75) is 51.8 Å². The Morgan fingerprint density at radius 1 is 1.12 bits per heavy atom. The van der Waals surface area contributed by atoms with Gasteiger partial charge in [0.15, 0.2) is 5.96 Å². The number of nitrogens with zero attached hydrogens (tertiary/aromatic N) is 2. The molecule has 0 spiro atoms. The van der Waals surface area contributed by atoms with E-state index in [0.29, 0.717) is 6.54 Å². The van der Waals surface area contributed by atoms with Gasteiger partial charge in [0.1, 0.15) is 0 Å². The highest BCUT2D eigenvalue weighted by Gasteiger charge is 2.30. The second kappa shape index (κ2) is 9.90. The fourth-order valence-electron chi connectivity index (χ4n) is 3.01. The molecule has 148 valence electrons. The molecule has 1 heterocycles. The summed E-state index contributed by atoms with van der Waals surface area (Å²) in [5, 5.41) is 6.82. The van der Waals surface area contributed by atoms with Crippen LogP contribution in [0.2, 0.25) is 0 Å². The van der Waals surface area contributed by atoms with Crippen molar-refractivity contribution in [1.82, 2.24) is 15.5 Å². The van der Waals surface area contributed by atoms with Gasteiger partial charge in [0.25, 0.3) is 0 Å². The summed E-state index contributed by atoms with van der Waals surface area (Å²) >= 11 is 0. The SMILES string of the molecule is CN=C(NCC(C)(C)OC)NCC(C)(C)N1CCc2ccccc2C1.I. The zero-order valence-corrected chi connectivity index (χ0v) is 19.4. The summed E-state index contributed by atoms with van der Waals surface area (Å²) in [5.74, 6) is 0.815. The number of rotatable bonds is 6. The Hall–Kier alpha value is -0.860. The maximum Gasteiger partial charge on any atom is 0.191 e. The number of hydrogen-bond acceptors (Lipinski definition) is 3. The van der Waals surface area contributed by atoms with Gasteiger partial charge >= 0.3 is 0 Å². The number of guanidine groups is 1. The molecule has 2 N–H and O–H groups in total. The van der Waals surface area contributed by atoms with Crippen molar-refractivity contribution in [3.8, 4) is 0 Å². The Balaban J connectivity index is 0.00000338. The molecule has 1 aliphatic rings. The van der Waals surface area contributed by atoms with Crippen molar-refractivity contribution in [2.75, 3.05) is 33.8 Å². The Morgan fingerprint density at radius 2 is 1.73 bits per heavy atom. The molecule has 1 aliphatic heterocycles. The third-order valence-electron chi connectivity index (χ3n) is 5.13. The second-order valence-electron chi connectivity index (χ2n) is 8.00. The summed E-state index contributed by atoms with van der Waals surface area (Å²) in [4.78, 5) is 6.88. The Kier molecular flexibility index (Phi) is 8.82. The Labute approximate surface area is 176 Å². The molecule has 26 heavy (non-hydrogen) atoms. The van der Waals surface area contributed by atoms with Crippen molar-refractivity contribution < 1.29 is 4.74 Å². The molecule has 2 rings (SSSR count). The number of hydrogen-bond donors (Lipinski definition) is 2. The molecule has 0 fully saturated rings. The summed E-state index contributed by atoms with van der Waals surface area (Å²) < 4.78 is 5.45. The molecule has 0 aliphatic carbocycles. The van der Waals surface area contributed by atoms with E-state index in [4.69, 9.17) is 4.74 Å². The summed E-state index contributed by atoms with van der Waals surface area (Å²) in [6.07, 6.45) is 1.12. The van der Waals surface area contributed by atoms with Gasteiger partial charge in [-0.2, -0.15) is 0 Å². The fraction of sp³-hybridized carbons (Fsp3) is 0.650. The summed E-state index contributed by atoms with van der Waals surface area (Å²) in [5.41, 5.74) is 2.76. The molecule has 0 radical (unpaired) electrons. The van der Waals surface area contributed by atoms with E-state index < -0.39 is 0 Å². The maximum atomic E-state index is 5.45. The topological polar surface area (TPSA) is 48.9 Å². The van der Waals surface area contributed by atoms with Crippen LogP contribution in [0, 0.1) is 0 Å². The molecule has 0 atom stereocenters. The number of ether oxygens (including phenoxy) is 1. The lowest BCUT2D eigenvalue weighted by atomic mass is 9.94. The maximum absolute atomic E-state index is 5.45. The number of fused-ring (bicyclic) bond motifs is 1. The first-order valence-corrected chi connectivity index (χ1v) is 9.09. The van der Waals surface area contributed by atoms with Crippen molar-refractivity contribution >= 4 is 29.9 Å². The summed E-state index contributed by atoms with van der Waals surface area (Å²) in [7, 11) is 3.54. The normalized spacial score (nSPS) is 15.8. The largest absolute Gasteiger partial charge is 0.377 e. The van der Waals surface area contributed by atoms with E-state index in [2.05, 4.69) is 72.5 Å². The van der Waals surface area contributed by atoms with Gasteiger partial charge in [-0.25, -0.2) is 0 Å². The van der Waals surface area contributed by atoms with Crippen molar-refractivity contribution in [2.24, 2.45) is 4.99 Å². The zero-order chi connectivity index (χ0) is 18.5. The van der Waals surface area contributed by atoms with Gasteiger partial charge in [0.2, 0.25) is 0 Å². The lowest BCUT2D eigenvalue weighted by Gasteiger charge is -2.42. The molecular formula is C20H35IN4O. The van der Waals surface area contributed by atoms with Crippen LogP contribution in [0.5, 0.6) is 0 Å². The molecule has 1 aromatic carbocycles. The van der Waals surface area contributed by atoms with Gasteiger partial charge < -0.3 is 15.4 Å². The number of benzene rings is 1. The first kappa shape index (κ1) is 23.2. The quantitative estimate of drug-likeness (QED) is 0.378. The zero-order valence-electron chi connectivity index (χ0n) is 17.1. The van der Waals surface area contributed by atoms with Gasteiger partial charge in [-0.3, -0.25) is 9.89 Å². The van der Waals surface area contributed by atoms with Gasteiger partial charge in [-0.05, 0) is 45.2 Å². The molecule has 0 saturated carbocycles. The van der Waals surface area contributed by atoms with E-state index >= 15 is 0 Å². The fourth-order valence-corrected chi connectivity index (χ4v) is 3.01. The smallest absolute Gasteiger partial charge is 0.191 e. The molecule has 0 aromatic heterocycles. The van der Waals surface area contributed by atoms with Crippen LogP contribution in [-0.2, 0) is 17.7 Å². The number of halogens is 1. The summed E-state index contributed by atoms with van der Waals surface area (Å²) in [6.45, 7) is 12.3. The minimum atomic E-state index is -0.219. The lowest BCUT2D eigenvalue weighted by Crippen LogP contribution is -2.55. The molecule has 6 heteroatoms. The molecule has 0 unspecified atom stereocenters. The van der Waals surface area contributed by atoms with E-state index in [1.165, 1.54) is 11.1 Å². The first-order valence-electron chi connectivity index (χ1n) is 9.09.